The third kappa shape index (κ3) is 1.98. The van der Waals surface area contributed by atoms with Crippen molar-refractivity contribution in [3.63, 3.8) is 0 Å². The standard InChI is InChI=1S/C5H4ClIN2/c6-4-1-3(7)2-5(8)9-4/h1-2H,(H2,8,9). The Hall–Kier alpha value is -0.0300. The minimum atomic E-state index is 0.444. The Balaban J connectivity index is 3.17. The molecule has 1 rings (SSSR count). The van der Waals surface area contributed by atoms with Gasteiger partial charge in [0.15, 0.2) is 0 Å². The zero-order valence-electron chi connectivity index (χ0n) is 4.44. The van der Waals surface area contributed by atoms with Crippen molar-refractivity contribution in [2.75, 3.05) is 5.73 Å². The summed E-state index contributed by atoms with van der Waals surface area (Å²) in [5, 5.41) is 0.444. The van der Waals surface area contributed by atoms with Gasteiger partial charge in [0.05, 0.1) is 0 Å². The highest BCUT2D eigenvalue weighted by Crippen LogP contribution is 2.13. The van der Waals surface area contributed by atoms with E-state index < -0.39 is 0 Å². The molecule has 0 spiro atoms. The molecule has 2 nitrogen and oxygen atoms in total. The maximum atomic E-state index is 5.55. The molecule has 2 N–H and O–H groups in total. The molecule has 1 aromatic rings. The Kier molecular flexibility index (Phi) is 2.13. The molecule has 0 amide bonds. The van der Waals surface area contributed by atoms with Gasteiger partial charge < -0.3 is 5.73 Å². The largest absolute Gasteiger partial charge is 0.384 e. The highest BCUT2D eigenvalue weighted by atomic mass is 127. The van der Waals surface area contributed by atoms with Crippen LogP contribution in [0.4, 0.5) is 5.82 Å². The van der Waals surface area contributed by atoms with Crippen LogP contribution in [0.25, 0.3) is 0 Å². The molecule has 1 aromatic heterocycles. The fourth-order valence-electron chi connectivity index (χ4n) is 0.485. The predicted octanol–water partition coefficient (Wildman–Crippen LogP) is 1.92. The number of pyridine rings is 1. The van der Waals surface area contributed by atoms with Gasteiger partial charge in [-0.05, 0) is 34.7 Å². The molecular weight excluding hydrogens is 250 g/mol. The van der Waals surface area contributed by atoms with E-state index in [1.54, 1.807) is 12.1 Å². The summed E-state index contributed by atoms with van der Waals surface area (Å²) < 4.78 is 1.00. The molecule has 4 heteroatoms. The van der Waals surface area contributed by atoms with Crippen LogP contribution in [0.1, 0.15) is 0 Å². The summed E-state index contributed by atoms with van der Waals surface area (Å²) in [5.74, 6) is 0.465. The van der Waals surface area contributed by atoms with Crippen molar-refractivity contribution in [2.45, 2.75) is 0 Å². The average molecular weight is 254 g/mol. The van der Waals surface area contributed by atoms with E-state index in [0.29, 0.717) is 11.0 Å². The number of hydrogen-bond donors (Lipinski definition) is 1. The number of nitrogens with two attached hydrogens (primary N) is 1. The second-order valence-corrected chi connectivity index (χ2v) is 3.17. The second-order valence-electron chi connectivity index (χ2n) is 1.53. The normalized spacial score (nSPS) is 9.56. The number of aromatic nitrogens is 1. The molecule has 0 aliphatic heterocycles. The summed E-state index contributed by atoms with van der Waals surface area (Å²) in [6, 6.07) is 3.50. The van der Waals surface area contributed by atoms with Gasteiger partial charge in [-0.2, -0.15) is 0 Å². The van der Waals surface area contributed by atoms with Gasteiger partial charge in [0, 0.05) is 3.57 Å². The molecule has 0 saturated carbocycles. The summed E-state index contributed by atoms with van der Waals surface area (Å²) in [5.41, 5.74) is 5.36. The van der Waals surface area contributed by atoms with Crippen molar-refractivity contribution in [1.29, 1.82) is 0 Å². The van der Waals surface area contributed by atoms with Gasteiger partial charge in [0.1, 0.15) is 11.0 Å². The Morgan fingerprint density at radius 2 is 2.22 bits per heavy atom. The highest BCUT2D eigenvalue weighted by molar-refractivity contribution is 14.1. The zero-order valence-corrected chi connectivity index (χ0v) is 7.35. The fourth-order valence-corrected chi connectivity index (χ4v) is 1.50. The minimum absolute atomic E-state index is 0.444. The lowest BCUT2D eigenvalue weighted by Crippen LogP contribution is -1.89. The number of hydrogen-bond acceptors (Lipinski definition) is 2. The second kappa shape index (κ2) is 2.70. The third-order valence-electron chi connectivity index (χ3n) is 0.779. The Bertz CT molecular complexity index is 176. The van der Waals surface area contributed by atoms with E-state index in [9.17, 15) is 0 Å². The Morgan fingerprint density at radius 3 is 2.67 bits per heavy atom. The molecule has 0 atom stereocenters. The van der Waals surface area contributed by atoms with E-state index in [1.165, 1.54) is 0 Å². The number of rotatable bonds is 0. The molecule has 0 radical (unpaired) electrons. The monoisotopic (exact) mass is 254 g/mol. The third-order valence-corrected chi connectivity index (χ3v) is 1.60. The number of nitrogen functional groups attached to an aromatic ring is 1. The van der Waals surface area contributed by atoms with Crippen molar-refractivity contribution in [3.8, 4) is 0 Å². The smallest absolute Gasteiger partial charge is 0.132 e. The van der Waals surface area contributed by atoms with E-state index in [1.807, 2.05) is 0 Å². The van der Waals surface area contributed by atoms with Gasteiger partial charge in [-0.3, -0.25) is 0 Å². The van der Waals surface area contributed by atoms with Crippen molar-refractivity contribution < 1.29 is 0 Å². The van der Waals surface area contributed by atoms with Crippen LogP contribution in [0.2, 0.25) is 5.15 Å². The summed E-state index contributed by atoms with van der Waals surface area (Å²) in [6.07, 6.45) is 0. The molecule has 0 aliphatic rings. The van der Waals surface area contributed by atoms with Crippen LogP contribution < -0.4 is 5.73 Å². The molecule has 0 bridgehead atoms. The summed E-state index contributed by atoms with van der Waals surface area (Å²) in [4.78, 5) is 3.77. The Morgan fingerprint density at radius 1 is 1.56 bits per heavy atom. The summed E-state index contributed by atoms with van der Waals surface area (Å²) in [6.45, 7) is 0. The first-order valence-corrected chi connectivity index (χ1v) is 3.73. The van der Waals surface area contributed by atoms with Gasteiger partial charge >= 0.3 is 0 Å². The molecule has 0 aliphatic carbocycles. The lowest BCUT2D eigenvalue weighted by Gasteiger charge is -1.93. The Labute approximate surface area is 71.6 Å². The van der Waals surface area contributed by atoms with Gasteiger partial charge in [-0.25, -0.2) is 4.98 Å². The van der Waals surface area contributed by atoms with Gasteiger partial charge in [-0.15, -0.1) is 0 Å². The highest BCUT2D eigenvalue weighted by Gasteiger charge is 1.92. The zero-order chi connectivity index (χ0) is 6.85. The van der Waals surface area contributed by atoms with E-state index in [0.717, 1.165) is 3.57 Å². The first kappa shape index (κ1) is 7.08. The average Bonchev–Trinajstić information content (AvgIpc) is 1.59. The molecular formula is C5H4ClIN2. The molecule has 48 valence electrons. The first-order valence-electron chi connectivity index (χ1n) is 2.27. The maximum absolute atomic E-state index is 5.55. The molecule has 0 unspecified atom stereocenters. The van der Waals surface area contributed by atoms with Crippen LogP contribution in [0.15, 0.2) is 12.1 Å². The number of halogens is 2. The van der Waals surface area contributed by atoms with Gasteiger partial charge in [-0.1, -0.05) is 11.6 Å². The van der Waals surface area contributed by atoms with Crippen LogP contribution in [0.3, 0.4) is 0 Å². The summed E-state index contributed by atoms with van der Waals surface area (Å²) in [7, 11) is 0. The molecule has 0 fully saturated rings. The van der Waals surface area contributed by atoms with E-state index in [2.05, 4.69) is 27.6 Å². The fraction of sp³-hybridized carbons (Fsp3) is 0. The van der Waals surface area contributed by atoms with Crippen molar-refractivity contribution in [1.82, 2.24) is 4.98 Å². The topological polar surface area (TPSA) is 38.9 Å². The van der Waals surface area contributed by atoms with Crippen molar-refractivity contribution in [3.05, 3.63) is 20.9 Å². The lowest BCUT2D eigenvalue weighted by molar-refractivity contribution is 1.32. The number of nitrogens with zero attached hydrogens (tertiary/aromatic N) is 1. The minimum Gasteiger partial charge on any atom is -0.384 e. The van der Waals surface area contributed by atoms with Crippen LogP contribution in [0, 0.1) is 3.57 Å². The van der Waals surface area contributed by atoms with Crippen molar-refractivity contribution >= 4 is 40.0 Å². The van der Waals surface area contributed by atoms with Crippen LogP contribution in [-0.2, 0) is 0 Å². The molecule has 0 saturated heterocycles. The number of anilines is 1. The van der Waals surface area contributed by atoms with Crippen LogP contribution in [0.5, 0.6) is 0 Å². The summed E-state index contributed by atoms with van der Waals surface area (Å²) >= 11 is 7.68. The van der Waals surface area contributed by atoms with E-state index >= 15 is 0 Å². The molecule has 1 heterocycles. The molecule has 9 heavy (non-hydrogen) atoms. The SMILES string of the molecule is Nc1cc(I)cc(Cl)n1. The van der Waals surface area contributed by atoms with Gasteiger partial charge in [0.25, 0.3) is 0 Å². The van der Waals surface area contributed by atoms with Crippen molar-refractivity contribution in [2.24, 2.45) is 0 Å². The lowest BCUT2D eigenvalue weighted by atomic mass is 10.5. The van der Waals surface area contributed by atoms with Gasteiger partial charge in [0.2, 0.25) is 0 Å². The quantitative estimate of drug-likeness (QED) is 0.567. The van der Waals surface area contributed by atoms with Crippen LogP contribution in [-0.4, -0.2) is 4.98 Å². The maximum Gasteiger partial charge on any atom is 0.132 e. The predicted molar refractivity (Wildman–Crippen MR) is 46.4 cm³/mol. The van der Waals surface area contributed by atoms with E-state index in [-0.39, 0.29) is 0 Å². The first-order chi connectivity index (χ1) is 4.18. The van der Waals surface area contributed by atoms with Crippen LogP contribution >= 0.6 is 34.2 Å². The molecule has 0 aromatic carbocycles. The van der Waals surface area contributed by atoms with E-state index in [4.69, 9.17) is 17.3 Å².